The van der Waals surface area contributed by atoms with Gasteiger partial charge in [-0.3, -0.25) is 0 Å². The van der Waals surface area contributed by atoms with Crippen LogP contribution in [0.15, 0.2) is 12.2 Å². The van der Waals surface area contributed by atoms with E-state index in [9.17, 15) is 16.9 Å². The summed E-state index contributed by atoms with van der Waals surface area (Å²) in [6.07, 6.45) is 6.93. The molecule has 0 amide bonds. The summed E-state index contributed by atoms with van der Waals surface area (Å²) in [4.78, 5) is 0. The second kappa shape index (κ2) is 8.08. The molecule has 2 aliphatic rings. The van der Waals surface area contributed by atoms with Crippen LogP contribution in [0.4, 0.5) is 12.7 Å². The van der Waals surface area contributed by atoms with Crippen LogP contribution in [0.25, 0.3) is 0 Å². The first kappa shape index (κ1) is 18.2. The number of hydrogen-bond donors (Lipinski definition) is 0. The number of ether oxygens (including phenoxy) is 2. The van der Waals surface area contributed by atoms with Crippen molar-refractivity contribution in [2.75, 3.05) is 19.5 Å². The molecule has 0 aromatic carbocycles. The van der Waals surface area contributed by atoms with Crippen molar-refractivity contribution in [1.82, 2.24) is 0 Å². The Morgan fingerprint density at radius 2 is 1.73 bits per heavy atom. The number of hydrogen-bond acceptors (Lipinski definition) is 4. The van der Waals surface area contributed by atoms with Gasteiger partial charge in [0.05, 0.1) is 23.7 Å². The quantitative estimate of drug-likeness (QED) is 0.438. The number of rotatable bonds is 4. The van der Waals surface area contributed by atoms with E-state index in [1.165, 1.54) is 0 Å². The fourth-order valence-corrected chi connectivity index (χ4v) is 4.27. The molecular weight excluding hydrogens is 337 g/mol. The Morgan fingerprint density at radius 3 is 2.23 bits per heavy atom. The predicted octanol–water partition coefficient (Wildman–Crippen LogP) is 3.40. The summed E-state index contributed by atoms with van der Waals surface area (Å²) in [5, 5.41) is -3.27. The standard InChI is InChI=1S/C14H21F3O3S2/c1-21-11-8-19-13(20-9-11)7-4-10-2-5-12(6-3-10)22(17,18)14(15)16/h4,7,10-13H,2-3,5-6,8-9H2,1H3/b7-4+. The maximum atomic E-state index is 13.5. The van der Waals surface area contributed by atoms with Crippen molar-refractivity contribution in [2.24, 2.45) is 5.92 Å². The number of allylic oxidation sites excluding steroid dienone is 1. The van der Waals surface area contributed by atoms with E-state index in [4.69, 9.17) is 9.47 Å². The summed E-state index contributed by atoms with van der Waals surface area (Å²) in [6, 6.07) is 0. The highest BCUT2D eigenvalue weighted by Crippen LogP contribution is 2.31. The largest absolute Gasteiger partial charge is 0.351 e. The van der Waals surface area contributed by atoms with Crippen LogP contribution < -0.4 is 0 Å². The lowest BCUT2D eigenvalue weighted by Crippen LogP contribution is -2.32. The minimum atomic E-state index is -4.61. The van der Waals surface area contributed by atoms with Gasteiger partial charge in [0.2, 0.25) is 0 Å². The molecule has 1 saturated carbocycles. The lowest BCUT2D eigenvalue weighted by molar-refractivity contribution is -0.146. The van der Waals surface area contributed by atoms with Crippen molar-refractivity contribution >= 4 is 27.0 Å². The van der Waals surface area contributed by atoms with E-state index in [0.717, 1.165) is 0 Å². The average Bonchev–Trinajstić information content (AvgIpc) is 2.53. The minimum absolute atomic E-state index is 0.166. The topological polar surface area (TPSA) is 35.5 Å². The van der Waals surface area contributed by atoms with Crippen molar-refractivity contribution in [1.29, 1.82) is 0 Å². The molecule has 2 rings (SSSR count). The van der Waals surface area contributed by atoms with Crippen LogP contribution in [-0.2, 0) is 19.4 Å². The zero-order valence-electron chi connectivity index (χ0n) is 12.4. The van der Waals surface area contributed by atoms with E-state index in [1.54, 1.807) is 11.8 Å². The van der Waals surface area contributed by atoms with E-state index in [1.807, 2.05) is 18.4 Å². The second-order valence-corrected chi connectivity index (χ2v) is 8.73. The molecule has 1 unspecified atom stereocenters. The van der Waals surface area contributed by atoms with E-state index in [-0.39, 0.29) is 25.0 Å². The van der Waals surface area contributed by atoms with Gasteiger partial charge in [-0.1, -0.05) is 6.08 Å². The summed E-state index contributed by atoms with van der Waals surface area (Å²) in [6.45, 7) is 1.27. The van der Waals surface area contributed by atoms with Crippen LogP contribution in [0.1, 0.15) is 25.7 Å². The minimum Gasteiger partial charge on any atom is -0.348 e. The van der Waals surface area contributed by atoms with Crippen molar-refractivity contribution < 1.29 is 26.3 Å². The van der Waals surface area contributed by atoms with E-state index in [2.05, 4.69) is 0 Å². The van der Waals surface area contributed by atoms with Gasteiger partial charge in [0.25, 0.3) is 0 Å². The van der Waals surface area contributed by atoms with E-state index in [0.29, 0.717) is 31.3 Å². The second-order valence-electron chi connectivity index (χ2n) is 5.57. The Morgan fingerprint density at radius 1 is 1.14 bits per heavy atom. The van der Waals surface area contributed by atoms with Crippen LogP contribution in [0, 0.1) is 5.92 Å². The van der Waals surface area contributed by atoms with Gasteiger partial charge in [-0.25, -0.2) is 4.21 Å². The van der Waals surface area contributed by atoms with Gasteiger partial charge in [0.1, 0.15) is 0 Å². The first-order valence-corrected chi connectivity index (χ1v) is 10.1. The monoisotopic (exact) mass is 358 g/mol. The SMILES string of the molecule is CSC1COC(/C=C/C2CCC(S(=O)(F)=C(F)F)CC2)OC1. The molecule has 3 nitrogen and oxygen atoms in total. The van der Waals surface area contributed by atoms with Gasteiger partial charge in [-0.05, 0) is 43.9 Å². The van der Waals surface area contributed by atoms with Crippen LogP contribution in [-0.4, -0.2) is 45.8 Å². The molecule has 1 aliphatic heterocycles. The first-order chi connectivity index (χ1) is 10.4. The lowest BCUT2D eigenvalue weighted by Gasteiger charge is -2.28. The highest BCUT2D eigenvalue weighted by atomic mass is 32.2. The Balaban J connectivity index is 1.80. The van der Waals surface area contributed by atoms with Gasteiger partial charge < -0.3 is 9.47 Å². The van der Waals surface area contributed by atoms with Crippen molar-refractivity contribution in [3.63, 3.8) is 0 Å². The summed E-state index contributed by atoms with van der Waals surface area (Å²) >= 11 is 1.70. The Hall–Kier alpha value is -0.180. The third-order valence-corrected chi connectivity index (χ3v) is 6.81. The Kier molecular flexibility index (Phi) is 6.67. The van der Waals surface area contributed by atoms with Crippen molar-refractivity contribution in [2.45, 2.75) is 42.5 Å². The highest BCUT2D eigenvalue weighted by molar-refractivity contribution is 7.99. The number of thioether (sulfide) groups is 1. The first-order valence-electron chi connectivity index (χ1n) is 7.28. The molecule has 8 heteroatoms. The maximum absolute atomic E-state index is 13.5. The molecule has 0 aromatic rings. The van der Waals surface area contributed by atoms with E-state index < -0.39 is 20.5 Å². The van der Waals surface area contributed by atoms with Crippen LogP contribution in [0.3, 0.4) is 0 Å². The van der Waals surface area contributed by atoms with Crippen molar-refractivity contribution in [3.05, 3.63) is 12.2 Å². The number of halogens is 3. The predicted molar refractivity (Wildman–Crippen MR) is 84.4 cm³/mol. The third kappa shape index (κ3) is 4.66. The molecule has 1 saturated heterocycles. The van der Waals surface area contributed by atoms with Crippen molar-refractivity contribution in [3.8, 4) is 0 Å². The highest BCUT2D eigenvalue weighted by Gasteiger charge is 2.31. The zero-order chi connectivity index (χ0) is 16.2. The molecular formula is C14H21F3O3S2. The van der Waals surface area contributed by atoms with Gasteiger partial charge in [-0.2, -0.15) is 20.5 Å². The molecule has 128 valence electrons. The van der Waals surface area contributed by atoms with Crippen LogP contribution in [0.5, 0.6) is 0 Å². The molecule has 0 N–H and O–H groups in total. The summed E-state index contributed by atoms with van der Waals surface area (Å²) < 4.78 is 60.6. The van der Waals surface area contributed by atoms with Gasteiger partial charge in [0, 0.05) is 0 Å². The smallest absolute Gasteiger partial charge is 0.348 e. The third-order valence-electron chi connectivity index (χ3n) is 4.12. The molecule has 1 heterocycles. The van der Waals surface area contributed by atoms with Gasteiger partial charge >= 0.3 is 5.37 Å². The lowest BCUT2D eigenvalue weighted by atomic mass is 9.88. The molecule has 0 aromatic heterocycles. The molecule has 1 aliphatic carbocycles. The molecule has 22 heavy (non-hydrogen) atoms. The zero-order valence-corrected chi connectivity index (χ0v) is 14.0. The molecule has 2 fully saturated rings. The summed E-state index contributed by atoms with van der Waals surface area (Å²) in [5.74, 6) is 0.166. The van der Waals surface area contributed by atoms with E-state index >= 15 is 0 Å². The fraction of sp³-hybridized carbons (Fsp3) is 0.786. The Labute approximate surface area is 133 Å². The van der Waals surface area contributed by atoms with Gasteiger partial charge in [-0.15, -0.1) is 3.89 Å². The molecule has 0 bridgehead atoms. The molecule has 1 atom stereocenters. The van der Waals surface area contributed by atoms with Gasteiger partial charge in [0.15, 0.2) is 16.2 Å². The normalized spacial score (nSPS) is 36.2. The average molecular weight is 358 g/mol. The van der Waals surface area contributed by atoms with Crippen LogP contribution >= 0.6 is 11.8 Å². The maximum Gasteiger partial charge on any atom is 0.351 e. The summed E-state index contributed by atoms with van der Waals surface area (Å²) in [5.41, 5.74) is 0. The van der Waals surface area contributed by atoms with Crippen LogP contribution in [0.2, 0.25) is 0 Å². The molecule has 0 radical (unpaired) electrons. The Bertz CT molecular complexity index is 497. The fourth-order valence-electron chi connectivity index (χ4n) is 2.71. The molecule has 0 spiro atoms. The summed E-state index contributed by atoms with van der Waals surface area (Å²) in [7, 11) is -4.61.